The zero-order chi connectivity index (χ0) is 13.0. The second-order valence-electron chi connectivity index (χ2n) is 4.54. The predicted molar refractivity (Wildman–Crippen MR) is 71.3 cm³/mol. The van der Waals surface area contributed by atoms with Crippen LogP contribution >= 0.6 is 12.4 Å². The molecule has 0 saturated heterocycles. The van der Waals surface area contributed by atoms with Gasteiger partial charge in [0.15, 0.2) is 0 Å². The summed E-state index contributed by atoms with van der Waals surface area (Å²) in [7, 11) is 0. The highest BCUT2D eigenvalue weighted by molar-refractivity contribution is 5.85. The summed E-state index contributed by atoms with van der Waals surface area (Å²) in [6, 6.07) is 3.11. The monoisotopic (exact) mass is 276 g/mol. The summed E-state index contributed by atoms with van der Waals surface area (Å²) in [4.78, 5) is 10.2. The maximum atomic E-state index is 12.9. The van der Waals surface area contributed by atoms with E-state index in [-0.39, 0.29) is 18.1 Å². The summed E-state index contributed by atoms with van der Waals surface area (Å²) in [6.45, 7) is 4.12. The van der Waals surface area contributed by atoms with Gasteiger partial charge in [-0.2, -0.15) is 0 Å². The first kappa shape index (κ1) is 16.8. The van der Waals surface area contributed by atoms with Crippen LogP contribution in [0.1, 0.15) is 38.3 Å². The molecule has 0 aliphatic heterocycles. The van der Waals surface area contributed by atoms with Crippen molar-refractivity contribution in [1.82, 2.24) is 0 Å². The third-order valence-corrected chi connectivity index (χ3v) is 2.64. The van der Waals surface area contributed by atoms with Gasteiger partial charge in [-0.3, -0.25) is 10.1 Å². The van der Waals surface area contributed by atoms with Gasteiger partial charge in [0.2, 0.25) is 0 Å². The second-order valence-corrected chi connectivity index (χ2v) is 4.54. The molecule has 0 aliphatic rings. The van der Waals surface area contributed by atoms with Gasteiger partial charge in [0.05, 0.1) is 11.0 Å². The molecular weight excluding hydrogens is 259 g/mol. The van der Waals surface area contributed by atoms with Gasteiger partial charge in [0, 0.05) is 11.6 Å². The normalized spacial score (nSPS) is 12.1. The number of benzene rings is 1. The Kier molecular flexibility index (Phi) is 6.80. The van der Waals surface area contributed by atoms with Gasteiger partial charge in [-0.15, -0.1) is 12.4 Å². The molecule has 1 aromatic carbocycles. The lowest BCUT2D eigenvalue weighted by Gasteiger charge is -2.13. The lowest BCUT2D eigenvalue weighted by Crippen LogP contribution is -2.13. The van der Waals surface area contributed by atoms with Crippen LogP contribution in [0.15, 0.2) is 18.2 Å². The molecule has 0 heterocycles. The molecule has 0 unspecified atom stereocenters. The predicted octanol–water partition coefficient (Wildman–Crippen LogP) is 3.59. The first-order chi connectivity index (χ1) is 7.91. The van der Waals surface area contributed by atoms with E-state index < -0.39 is 16.8 Å². The van der Waals surface area contributed by atoms with Gasteiger partial charge in [-0.1, -0.05) is 13.8 Å². The molecule has 4 nitrogen and oxygen atoms in total. The van der Waals surface area contributed by atoms with Crippen molar-refractivity contribution in [2.24, 2.45) is 11.7 Å². The molecule has 0 spiro atoms. The standard InChI is InChI=1S/C12H17FN2O2.ClH/c1-8(2)3-6-11(14)10-5-4-9(13)7-12(10)15(16)17;/h4-5,7-8,11H,3,6,14H2,1-2H3;1H/t11-;/m1./s1. The number of nitro groups is 1. The molecule has 6 heteroatoms. The molecule has 1 atom stereocenters. The van der Waals surface area contributed by atoms with E-state index in [2.05, 4.69) is 13.8 Å². The molecule has 2 N–H and O–H groups in total. The van der Waals surface area contributed by atoms with Crippen LogP contribution in [0.5, 0.6) is 0 Å². The highest BCUT2D eigenvalue weighted by Crippen LogP contribution is 2.28. The first-order valence-corrected chi connectivity index (χ1v) is 5.61. The van der Waals surface area contributed by atoms with E-state index in [1.807, 2.05) is 0 Å². The van der Waals surface area contributed by atoms with Gasteiger partial charge >= 0.3 is 0 Å². The average molecular weight is 277 g/mol. The second kappa shape index (κ2) is 7.28. The number of nitrogens with zero attached hydrogens (tertiary/aromatic N) is 1. The molecular formula is C12H18ClFN2O2. The molecule has 0 aliphatic carbocycles. The zero-order valence-electron chi connectivity index (χ0n) is 10.4. The lowest BCUT2D eigenvalue weighted by atomic mass is 9.97. The van der Waals surface area contributed by atoms with E-state index in [1.165, 1.54) is 12.1 Å². The third kappa shape index (κ3) is 4.58. The van der Waals surface area contributed by atoms with Crippen molar-refractivity contribution in [1.29, 1.82) is 0 Å². The number of nitrogens with two attached hydrogens (primary N) is 1. The summed E-state index contributed by atoms with van der Waals surface area (Å²) in [5.74, 6) is -0.128. The quantitative estimate of drug-likeness (QED) is 0.660. The Labute approximate surface area is 112 Å². The van der Waals surface area contributed by atoms with E-state index in [0.29, 0.717) is 17.9 Å². The van der Waals surface area contributed by atoms with E-state index in [0.717, 1.165) is 12.5 Å². The largest absolute Gasteiger partial charge is 0.324 e. The maximum absolute atomic E-state index is 12.9. The molecule has 0 fully saturated rings. The van der Waals surface area contributed by atoms with Crippen LogP contribution in [-0.2, 0) is 0 Å². The van der Waals surface area contributed by atoms with Gasteiger partial charge < -0.3 is 5.73 Å². The fourth-order valence-corrected chi connectivity index (χ4v) is 1.66. The van der Waals surface area contributed by atoms with E-state index in [4.69, 9.17) is 5.73 Å². The highest BCUT2D eigenvalue weighted by Gasteiger charge is 2.20. The maximum Gasteiger partial charge on any atom is 0.277 e. The Morgan fingerprint density at radius 3 is 2.50 bits per heavy atom. The van der Waals surface area contributed by atoms with Crippen LogP contribution in [0.25, 0.3) is 0 Å². The summed E-state index contributed by atoms with van der Waals surface area (Å²) in [5.41, 5.74) is 6.07. The van der Waals surface area contributed by atoms with Crippen LogP contribution in [0.4, 0.5) is 10.1 Å². The van der Waals surface area contributed by atoms with Crippen molar-refractivity contribution in [3.63, 3.8) is 0 Å². The molecule has 18 heavy (non-hydrogen) atoms. The molecule has 0 amide bonds. The molecule has 1 aromatic rings. The van der Waals surface area contributed by atoms with Crippen LogP contribution in [0.3, 0.4) is 0 Å². The molecule has 0 bridgehead atoms. The molecule has 102 valence electrons. The summed E-state index contributed by atoms with van der Waals surface area (Å²) >= 11 is 0. The minimum absolute atomic E-state index is 0. The topological polar surface area (TPSA) is 69.2 Å². The van der Waals surface area contributed by atoms with Gasteiger partial charge in [-0.25, -0.2) is 4.39 Å². The van der Waals surface area contributed by atoms with Crippen LogP contribution in [0, 0.1) is 21.8 Å². The van der Waals surface area contributed by atoms with Crippen molar-refractivity contribution in [2.75, 3.05) is 0 Å². The molecule has 0 aromatic heterocycles. The number of hydrogen-bond acceptors (Lipinski definition) is 3. The fraction of sp³-hybridized carbons (Fsp3) is 0.500. The number of rotatable bonds is 5. The Balaban J connectivity index is 0.00000289. The van der Waals surface area contributed by atoms with Crippen molar-refractivity contribution >= 4 is 18.1 Å². The Bertz CT molecular complexity index is 413. The molecule has 0 radical (unpaired) electrons. The van der Waals surface area contributed by atoms with Crippen molar-refractivity contribution in [3.8, 4) is 0 Å². The minimum Gasteiger partial charge on any atom is -0.324 e. The Hall–Kier alpha value is -1.20. The molecule has 1 rings (SSSR count). The third-order valence-electron chi connectivity index (χ3n) is 2.64. The smallest absolute Gasteiger partial charge is 0.277 e. The van der Waals surface area contributed by atoms with Crippen molar-refractivity contribution in [3.05, 3.63) is 39.7 Å². The average Bonchev–Trinajstić information content (AvgIpc) is 2.25. The van der Waals surface area contributed by atoms with Crippen LogP contribution in [-0.4, -0.2) is 4.92 Å². The summed E-state index contributed by atoms with van der Waals surface area (Å²) < 4.78 is 12.9. The molecule has 0 saturated carbocycles. The SMILES string of the molecule is CC(C)CC[C@@H](N)c1ccc(F)cc1[N+](=O)[O-].Cl. The fourth-order valence-electron chi connectivity index (χ4n) is 1.66. The van der Waals surface area contributed by atoms with E-state index in [9.17, 15) is 14.5 Å². The van der Waals surface area contributed by atoms with Gasteiger partial charge in [0.25, 0.3) is 5.69 Å². The van der Waals surface area contributed by atoms with E-state index in [1.54, 1.807) is 0 Å². The number of halogens is 2. The van der Waals surface area contributed by atoms with Crippen molar-refractivity contribution in [2.45, 2.75) is 32.7 Å². The van der Waals surface area contributed by atoms with E-state index >= 15 is 0 Å². The highest BCUT2D eigenvalue weighted by atomic mass is 35.5. The summed E-state index contributed by atoms with van der Waals surface area (Å²) in [5, 5.41) is 10.8. The lowest BCUT2D eigenvalue weighted by molar-refractivity contribution is -0.385. The van der Waals surface area contributed by atoms with Crippen LogP contribution in [0.2, 0.25) is 0 Å². The van der Waals surface area contributed by atoms with Gasteiger partial charge in [0.1, 0.15) is 5.82 Å². The zero-order valence-corrected chi connectivity index (χ0v) is 11.2. The Morgan fingerprint density at radius 2 is 2.00 bits per heavy atom. The summed E-state index contributed by atoms with van der Waals surface area (Å²) in [6.07, 6.45) is 1.54. The van der Waals surface area contributed by atoms with Crippen molar-refractivity contribution < 1.29 is 9.31 Å². The first-order valence-electron chi connectivity index (χ1n) is 5.61. The van der Waals surface area contributed by atoms with Gasteiger partial charge in [-0.05, 0) is 30.9 Å². The number of hydrogen-bond donors (Lipinski definition) is 1. The minimum atomic E-state index is -0.614. The van der Waals surface area contributed by atoms with Crippen LogP contribution < -0.4 is 5.73 Å². The Morgan fingerprint density at radius 1 is 1.39 bits per heavy atom. The number of nitro benzene ring substituents is 1.